The standard InChI is InChI=1S/C17H15N/c1-12-10-13(2)18-17(11-12)16-9-5-7-14-6-3-4-8-15(14)16/h3-11H,1-2H3. The number of benzene rings is 2. The van der Waals surface area contributed by atoms with Crippen molar-refractivity contribution >= 4 is 10.8 Å². The SMILES string of the molecule is Cc1cc(C)nc(-c2cccc3ccccc23)c1. The predicted octanol–water partition coefficient (Wildman–Crippen LogP) is 4.52. The lowest BCUT2D eigenvalue weighted by Gasteiger charge is -2.08. The Balaban J connectivity index is 2.31. The second-order valence-corrected chi connectivity index (χ2v) is 4.70. The molecule has 1 heterocycles. The summed E-state index contributed by atoms with van der Waals surface area (Å²) in [5, 5.41) is 2.52. The molecule has 0 fully saturated rings. The van der Waals surface area contributed by atoms with E-state index in [4.69, 9.17) is 0 Å². The van der Waals surface area contributed by atoms with Gasteiger partial charge < -0.3 is 0 Å². The van der Waals surface area contributed by atoms with Crippen LogP contribution in [-0.2, 0) is 0 Å². The Hall–Kier alpha value is -2.15. The second kappa shape index (κ2) is 4.26. The summed E-state index contributed by atoms with van der Waals surface area (Å²) in [7, 11) is 0. The fraction of sp³-hybridized carbons (Fsp3) is 0.118. The molecule has 88 valence electrons. The topological polar surface area (TPSA) is 12.9 Å². The summed E-state index contributed by atoms with van der Waals surface area (Å²) < 4.78 is 0. The average Bonchev–Trinajstić information content (AvgIpc) is 2.37. The van der Waals surface area contributed by atoms with Crippen molar-refractivity contribution in [1.29, 1.82) is 0 Å². The van der Waals surface area contributed by atoms with Crippen LogP contribution < -0.4 is 0 Å². The molecule has 18 heavy (non-hydrogen) atoms. The molecule has 3 aromatic rings. The summed E-state index contributed by atoms with van der Waals surface area (Å²) in [4.78, 5) is 4.65. The molecule has 1 nitrogen and oxygen atoms in total. The Morgan fingerprint density at radius 3 is 2.44 bits per heavy atom. The predicted molar refractivity (Wildman–Crippen MR) is 76.7 cm³/mol. The lowest BCUT2D eigenvalue weighted by Crippen LogP contribution is -1.89. The largest absolute Gasteiger partial charge is 0.253 e. The van der Waals surface area contributed by atoms with Gasteiger partial charge in [0.05, 0.1) is 5.69 Å². The fourth-order valence-electron chi connectivity index (χ4n) is 2.43. The maximum Gasteiger partial charge on any atom is 0.0714 e. The van der Waals surface area contributed by atoms with Gasteiger partial charge in [0.2, 0.25) is 0 Å². The van der Waals surface area contributed by atoms with Crippen LogP contribution in [0.3, 0.4) is 0 Å². The summed E-state index contributed by atoms with van der Waals surface area (Å²) in [5.74, 6) is 0. The monoisotopic (exact) mass is 233 g/mol. The third-order valence-corrected chi connectivity index (χ3v) is 3.16. The molecule has 0 bridgehead atoms. The van der Waals surface area contributed by atoms with Gasteiger partial charge in [-0.15, -0.1) is 0 Å². The number of hydrogen-bond acceptors (Lipinski definition) is 1. The van der Waals surface area contributed by atoms with Gasteiger partial charge in [0.25, 0.3) is 0 Å². The molecule has 0 amide bonds. The minimum absolute atomic E-state index is 1.06. The minimum Gasteiger partial charge on any atom is -0.253 e. The van der Waals surface area contributed by atoms with Gasteiger partial charge >= 0.3 is 0 Å². The third-order valence-electron chi connectivity index (χ3n) is 3.16. The zero-order chi connectivity index (χ0) is 12.5. The van der Waals surface area contributed by atoms with E-state index in [1.54, 1.807) is 0 Å². The van der Waals surface area contributed by atoms with E-state index in [-0.39, 0.29) is 0 Å². The Bertz CT molecular complexity index is 688. The van der Waals surface area contributed by atoms with Crippen LogP contribution in [-0.4, -0.2) is 4.98 Å². The number of aryl methyl sites for hydroxylation is 2. The summed E-state index contributed by atoms with van der Waals surface area (Å²) in [6.45, 7) is 4.16. The molecule has 1 heteroatoms. The molecule has 1 aromatic heterocycles. The molecular formula is C17H15N. The summed E-state index contributed by atoms with van der Waals surface area (Å²) in [5.41, 5.74) is 4.59. The lowest BCUT2D eigenvalue weighted by molar-refractivity contribution is 1.18. The highest BCUT2D eigenvalue weighted by Gasteiger charge is 2.05. The highest BCUT2D eigenvalue weighted by molar-refractivity contribution is 5.95. The summed E-state index contributed by atoms with van der Waals surface area (Å²) in [6, 6.07) is 19.1. The van der Waals surface area contributed by atoms with E-state index < -0.39 is 0 Å². The molecular weight excluding hydrogens is 218 g/mol. The molecule has 0 radical (unpaired) electrons. The first-order valence-electron chi connectivity index (χ1n) is 6.17. The zero-order valence-corrected chi connectivity index (χ0v) is 10.6. The van der Waals surface area contributed by atoms with Crippen molar-refractivity contribution in [2.45, 2.75) is 13.8 Å². The number of fused-ring (bicyclic) bond motifs is 1. The van der Waals surface area contributed by atoms with Crippen molar-refractivity contribution in [1.82, 2.24) is 4.98 Å². The van der Waals surface area contributed by atoms with Crippen molar-refractivity contribution < 1.29 is 0 Å². The van der Waals surface area contributed by atoms with Crippen molar-refractivity contribution in [3.8, 4) is 11.3 Å². The Morgan fingerprint density at radius 1 is 0.833 bits per heavy atom. The van der Waals surface area contributed by atoms with Gasteiger partial charge in [-0.1, -0.05) is 42.5 Å². The van der Waals surface area contributed by atoms with Crippen LogP contribution in [0.15, 0.2) is 54.6 Å². The molecule has 0 aliphatic heterocycles. The number of hydrogen-bond donors (Lipinski definition) is 0. The molecule has 0 N–H and O–H groups in total. The van der Waals surface area contributed by atoms with Crippen molar-refractivity contribution in [2.24, 2.45) is 0 Å². The number of pyridine rings is 1. The van der Waals surface area contributed by atoms with E-state index in [1.807, 2.05) is 6.92 Å². The molecule has 0 spiro atoms. The van der Waals surface area contributed by atoms with Gasteiger partial charge in [-0.25, -0.2) is 0 Å². The van der Waals surface area contributed by atoms with E-state index in [0.717, 1.165) is 11.4 Å². The first-order chi connectivity index (χ1) is 8.74. The van der Waals surface area contributed by atoms with E-state index in [1.165, 1.54) is 21.9 Å². The van der Waals surface area contributed by atoms with Crippen molar-refractivity contribution in [3.63, 3.8) is 0 Å². The Kier molecular flexibility index (Phi) is 2.60. The van der Waals surface area contributed by atoms with Gasteiger partial charge in [0.15, 0.2) is 0 Å². The number of rotatable bonds is 1. The first kappa shape index (κ1) is 11.0. The van der Waals surface area contributed by atoms with E-state index >= 15 is 0 Å². The Morgan fingerprint density at radius 2 is 1.61 bits per heavy atom. The van der Waals surface area contributed by atoms with E-state index in [2.05, 4.69) is 66.5 Å². The quantitative estimate of drug-likeness (QED) is 0.602. The average molecular weight is 233 g/mol. The van der Waals surface area contributed by atoms with E-state index in [9.17, 15) is 0 Å². The van der Waals surface area contributed by atoms with Crippen LogP contribution in [0.2, 0.25) is 0 Å². The van der Waals surface area contributed by atoms with Gasteiger partial charge in [-0.05, 0) is 42.3 Å². The van der Waals surface area contributed by atoms with Crippen LogP contribution in [0.4, 0.5) is 0 Å². The molecule has 0 aliphatic rings. The van der Waals surface area contributed by atoms with Crippen molar-refractivity contribution in [2.75, 3.05) is 0 Å². The van der Waals surface area contributed by atoms with E-state index in [0.29, 0.717) is 0 Å². The molecule has 0 saturated carbocycles. The smallest absolute Gasteiger partial charge is 0.0714 e. The normalized spacial score (nSPS) is 10.8. The Labute approximate surface area is 107 Å². The number of nitrogens with zero attached hydrogens (tertiary/aromatic N) is 1. The molecule has 3 rings (SSSR count). The molecule has 2 aromatic carbocycles. The lowest BCUT2D eigenvalue weighted by atomic mass is 10.0. The maximum atomic E-state index is 4.65. The number of aromatic nitrogens is 1. The van der Waals surface area contributed by atoms with Crippen molar-refractivity contribution in [3.05, 3.63) is 65.9 Å². The zero-order valence-electron chi connectivity index (χ0n) is 10.6. The maximum absolute atomic E-state index is 4.65. The first-order valence-corrected chi connectivity index (χ1v) is 6.17. The second-order valence-electron chi connectivity index (χ2n) is 4.70. The van der Waals surface area contributed by atoms with Gasteiger partial charge in [-0.3, -0.25) is 4.98 Å². The summed E-state index contributed by atoms with van der Waals surface area (Å²) in [6.07, 6.45) is 0. The minimum atomic E-state index is 1.06. The molecule has 0 aliphatic carbocycles. The van der Waals surface area contributed by atoms with Gasteiger partial charge in [-0.2, -0.15) is 0 Å². The highest BCUT2D eigenvalue weighted by atomic mass is 14.7. The highest BCUT2D eigenvalue weighted by Crippen LogP contribution is 2.27. The van der Waals surface area contributed by atoms with Gasteiger partial charge in [0.1, 0.15) is 0 Å². The van der Waals surface area contributed by atoms with Crippen LogP contribution >= 0.6 is 0 Å². The van der Waals surface area contributed by atoms with Gasteiger partial charge in [0, 0.05) is 11.3 Å². The van der Waals surface area contributed by atoms with Crippen LogP contribution in [0.1, 0.15) is 11.3 Å². The molecule has 0 saturated heterocycles. The molecule has 0 unspecified atom stereocenters. The van der Waals surface area contributed by atoms with Crippen LogP contribution in [0, 0.1) is 13.8 Å². The molecule has 0 atom stereocenters. The van der Waals surface area contributed by atoms with Crippen LogP contribution in [0.25, 0.3) is 22.0 Å². The van der Waals surface area contributed by atoms with Crippen LogP contribution in [0.5, 0.6) is 0 Å². The third kappa shape index (κ3) is 1.88. The fourth-order valence-corrected chi connectivity index (χ4v) is 2.43. The summed E-state index contributed by atoms with van der Waals surface area (Å²) >= 11 is 0.